The minimum atomic E-state index is -0.156. The molecule has 0 saturated carbocycles. The summed E-state index contributed by atoms with van der Waals surface area (Å²) in [4.78, 5) is 0. The van der Waals surface area contributed by atoms with Crippen LogP contribution in [0.1, 0.15) is 37.8 Å². The number of rotatable bonds is 6. The summed E-state index contributed by atoms with van der Waals surface area (Å²) in [5.41, 5.74) is 1.04. The van der Waals surface area contributed by atoms with E-state index >= 15 is 0 Å². The van der Waals surface area contributed by atoms with Crippen LogP contribution in [0.25, 0.3) is 0 Å². The van der Waals surface area contributed by atoms with Gasteiger partial charge < -0.3 is 10.1 Å². The van der Waals surface area contributed by atoms with E-state index in [-0.39, 0.29) is 11.9 Å². The van der Waals surface area contributed by atoms with Crippen LogP contribution in [-0.2, 0) is 4.74 Å². The molecule has 2 atom stereocenters. The number of hydrogen-bond donors (Lipinski definition) is 1. The van der Waals surface area contributed by atoms with Crippen molar-refractivity contribution >= 4 is 0 Å². The largest absolute Gasteiger partial charge is 0.381 e. The highest BCUT2D eigenvalue weighted by molar-refractivity contribution is 5.19. The monoisotopic (exact) mass is 251 g/mol. The van der Waals surface area contributed by atoms with Gasteiger partial charge in [-0.05, 0) is 49.4 Å². The Balaban J connectivity index is 1.81. The maximum Gasteiger partial charge on any atom is 0.123 e. The summed E-state index contributed by atoms with van der Waals surface area (Å²) in [5.74, 6) is 0.541. The van der Waals surface area contributed by atoms with Gasteiger partial charge in [-0.25, -0.2) is 4.39 Å². The lowest BCUT2D eigenvalue weighted by atomic mass is 10.0. The molecular weight excluding hydrogens is 229 g/mol. The van der Waals surface area contributed by atoms with E-state index in [1.807, 2.05) is 6.07 Å². The highest BCUT2D eigenvalue weighted by Crippen LogP contribution is 2.19. The van der Waals surface area contributed by atoms with Gasteiger partial charge in [0.15, 0.2) is 0 Å². The Morgan fingerprint density at radius 2 is 2.39 bits per heavy atom. The van der Waals surface area contributed by atoms with E-state index < -0.39 is 0 Å². The van der Waals surface area contributed by atoms with E-state index in [0.29, 0.717) is 5.92 Å². The van der Waals surface area contributed by atoms with E-state index in [1.165, 1.54) is 12.5 Å². The normalized spacial score (nSPS) is 21.1. The fourth-order valence-electron chi connectivity index (χ4n) is 2.49. The van der Waals surface area contributed by atoms with Crippen molar-refractivity contribution in [2.45, 2.75) is 32.2 Å². The third kappa shape index (κ3) is 3.79. The zero-order valence-electron chi connectivity index (χ0n) is 11.0. The molecule has 0 bridgehead atoms. The zero-order chi connectivity index (χ0) is 12.8. The van der Waals surface area contributed by atoms with E-state index in [1.54, 1.807) is 12.1 Å². The van der Waals surface area contributed by atoms with Gasteiger partial charge in [0, 0.05) is 19.3 Å². The number of nitrogens with one attached hydrogen (secondary N) is 1. The fraction of sp³-hybridized carbons (Fsp3) is 0.600. The summed E-state index contributed by atoms with van der Waals surface area (Å²) in [7, 11) is 0. The van der Waals surface area contributed by atoms with Crippen LogP contribution in [0.4, 0.5) is 4.39 Å². The topological polar surface area (TPSA) is 21.3 Å². The second-order valence-electron chi connectivity index (χ2n) is 4.99. The van der Waals surface area contributed by atoms with Crippen molar-refractivity contribution < 1.29 is 9.13 Å². The minimum absolute atomic E-state index is 0.156. The molecule has 1 saturated heterocycles. The van der Waals surface area contributed by atoms with Crippen molar-refractivity contribution in [3.8, 4) is 0 Å². The Morgan fingerprint density at radius 3 is 3.06 bits per heavy atom. The lowest BCUT2D eigenvalue weighted by molar-refractivity contribution is 0.184. The van der Waals surface area contributed by atoms with Gasteiger partial charge in [-0.3, -0.25) is 0 Å². The average molecular weight is 251 g/mol. The van der Waals surface area contributed by atoms with Gasteiger partial charge in [0.25, 0.3) is 0 Å². The second kappa shape index (κ2) is 6.86. The van der Waals surface area contributed by atoms with Crippen molar-refractivity contribution in [2.75, 3.05) is 19.8 Å². The molecule has 1 aliphatic rings. The van der Waals surface area contributed by atoms with Gasteiger partial charge >= 0.3 is 0 Å². The fourth-order valence-corrected chi connectivity index (χ4v) is 2.49. The Bertz CT molecular complexity index is 363. The maximum atomic E-state index is 13.2. The first kappa shape index (κ1) is 13.5. The Morgan fingerprint density at radius 1 is 1.50 bits per heavy atom. The molecule has 1 fully saturated rings. The van der Waals surface area contributed by atoms with Gasteiger partial charge in [0.1, 0.15) is 5.82 Å². The second-order valence-corrected chi connectivity index (χ2v) is 4.99. The molecule has 2 unspecified atom stereocenters. The van der Waals surface area contributed by atoms with Crippen LogP contribution in [0.2, 0.25) is 0 Å². The van der Waals surface area contributed by atoms with Crippen molar-refractivity contribution in [1.29, 1.82) is 0 Å². The molecule has 3 heteroatoms. The van der Waals surface area contributed by atoms with Crippen LogP contribution in [0.5, 0.6) is 0 Å². The molecule has 100 valence electrons. The van der Waals surface area contributed by atoms with Crippen molar-refractivity contribution in [2.24, 2.45) is 5.92 Å². The zero-order valence-corrected chi connectivity index (χ0v) is 11.0. The molecule has 18 heavy (non-hydrogen) atoms. The minimum Gasteiger partial charge on any atom is -0.381 e. The predicted octanol–water partition coefficient (Wildman–Crippen LogP) is 3.29. The van der Waals surface area contributed by atoms with E-state index in [4.69, 9.17) is 4.74 Å². The third-order valence-electron chi connectivity index (χ3n) is 3.63. The summed E-state index contributed by atoms with van der Waals surface area (Å²) in [5, 5.41) is 3.52. The third-order valence-corrected chi connectivity index (χ3v) is 3.63. The highest BCUT2D eigenvalue weighted by Gasteiger charge is 2.16. The van der Waals surface area contributed by atoms with Crippen molar-refractivity contribution in [3.05, 3.63) is 35.6 Å². The van der Waals surface area contributed by atoms with Gasteiger partial charge in [0.05, 0.1) is 0 Å². The smallest absolute Gasteiger partial charge is 0.123 e. The lowest BCUT2D eigenvalue weighted by Gasteiger charge is -2.18. The first-order valence-electron chi connectivity index (χ1n) is 6.86. The summed E-state index contributed by atoms with van der Waals surface area (Å²) < 4.78 is 18.6. The molecule has 0 amide bonds. The van der Waals surface area contributed by atoms with Crippen LogP contribution >= 0.6 is 0 Å². The Kier molecular flexibility index (Phi) is 5.14. The van der Waals surface area contributed by atoms with Crippen LogP contribution < -0.4 is 5.32 Å². The van der Waals surface area contributed by atoms with E-state index in [2.05, 4.69) is 12.2 Å². The molecule has 1 aromatic rings. The molecule has 1 N–H and O–H groups in total. The molecule has 1 heterocycles. The molecule has 1 aromatic carbocycles. The number of ether oxygens (including phenoxy) is 1. The van der Waals surface area contributed by atoms with E-state index in [9.17, 15) is 4.39 Å². The van der Waals surface area contributed by atoms with Crippen LogP contribution in [0, 0.1) is 11.7 Å². The number of halogens is 1. The summed E-state index contributed by atoms with van der Waals surface area (Å²) >= 11 is 0. The standard InChI is InChI=1S/C15H22FNO/c1-2-15(13-4-3-5-14(16)10-13)17-8-6-12-7-9-18-11-12/h3-5,10,12,15,17H,2,6-9,11H2,1H3. The average Bonchev–Trinajstić information content (AvgIpc) is 2.88. The highest BCUT2D eigenvalue weighted by atomic mass is 19.1. The molecule has 2 rings (SSSR count). The summed E-state index contributed by atoms with van der Waals surface area (Å²) in [6.07, 6.45) is 3.30. The van der Waals surface area contributed by atoms with E-state index in [0.717, 1.165) is 38.2 Å². The van der Waals surface area contributed by atoms with Gasteiger partial charge in [-0.15, -0.1) is 0 Å². The number of hydrogen-bond acceptors (Lipinski definition) is 2. The van der Waals surface area contributed by atoms with Crippen molar-refractivity contribution in [1.82, 2.24) is 5.32 Å². The first-order chi connectivity index (χ1) is 8.79. The quantitative estimate of drug-likeness (QED) is 0.837. The maximum absolute atomic E-state index is 13.2. The number of benzene rings is 1. The Hall–Kier alpha value is -0.930. The van der Waals surface area contributed by atoms with Gasteiger partial charge in [-0.2, -0.15) is 0 Å². The van der Waals surface area contributed by atoms with Crippen LogP contribution in [0.3, 0.4) is 0 Å². The molecular formula is C15H22FNO. The van der Waals surface area contributed by atoms with Gasteiger partial charge in [0.2, 0.25) is 0 Å². The molecule has 0 aromatic heterocycles. The van der Waals surface area contributed by atoms with Gasteiger partial charge in [-0.1, -0.05) is 19.1 Å². The van der Waals surface area contributed by atoms with Crippen LogP contribution in [-0.4, -0.2) is 19.8 Å². The summed E-state index contributed by atoms with van der Waals surface area (Å²) in [6, 6.07) is 7.14. The predicted molar refractivity (Wildman–Crippen MR) is 71.0 cm³/mol. The molecule has 2 nitrogen and oxygen atoms in total. The van der Waals surface area contributed by atoms with Crippen molar-refractivity contribution in [3.63, 3.8) is 0 Å². The molecule has 0 radical (unpaired) electrons. The first-order valence-corrected chi connectivity index (χ1v) is 6.86. The summed E-state index contributed by atoms with van der Waals surface area (Å²) in [6.45, 7) is 4.91. The Labute approximate surface area is 109 Å². The lowest BCUT2D eigenvalue weighted by Crippen LogP contribution is -2.23. The SMILES string of the molecule is CCC(NCCC1CCOC1)c1cccc(F)c1. The molecule has 0 aliphatic carbocycles. The molecule has 1 aliphatic heterocycles. The molecule has 0 spiro atoms. The van der Waals surface area contributed by atoms with Crippen LogP contribution in [0.15, 0.2) is 24.3 Å².